The number of hydrogen-bond donors (Lipinski definition) is 1. The number of aryl methyl sites for hydroxylation is 2. The Hall–Kier alpha value is -2.37. The lowest BCUT2D eigenvalue weighted by molar-refractivity contribution is 0.123. The predicted octanol–water partition coefficient (Wildman–Crippen LogP) is 2.80. The van der Waals surface area contributed by atoms with Crippen LogP contribution in [0.4, 0.5) is 4.79 Å². The van der Waals surface area contributed by atoms with Gasteiger partial charge in [-0.15, -0.1) is 0 Å². The van der Waals surface area contributed by atoms with Gasteiger partial charge >= 0.3 is 6.09 Å². The fourth-order valence-corrected chi connectivity index (χ4v) is 3.17. The van der Waals surface area contributed by atoms with Crippen LogP contribution in [0.3, 0.4) is 0 Å². The zero-order valence-electron chi connectivity index (χ0n) is 13.4. The van der Waals surface area contributed by atoms with E-state index < -0.39 is 6.09 Å². The molecule has 2 aromatic rings. The van der Waals surface area contributed by atoms with Crippen molar-refractivity contribution in [1.29, 1.82) is 0 Å². The first kappa shape index (κ1) is 15.5. The van der Waals surface area contributed by atoms with Gasteiger partial charge in [-0.1, -0.05) is 0 Å². The Morgan fingerprint density at radius 2 is 2.00 bits per heavy atom. The van der Waals surface area contributed by atoms with E-state index in [9.17, 15) is 4.79 Å². The molecule has 1 amide bonds. The molecule has 3 rings (SSSR count). The smallest absolute Gasteiger partial charge is 0.407 e. The van der Waals surface area contributed by atoms with Gasteiger partial charge in [0.1, 0.15) is 0 Å². The Morgan fingerprint density at radius 1 is 1.30 bits per heavy atom. The first-order valence-electron chi connectivity index (χ1n) is 8.04. The van der Waals surface area contributed by atoms with Gasteiger partial charge in [-0.05, 0) is 49.8 Å². The Balaban J connectivity index is 1.57. The second-order valence-electron chi connectivity index (χ2n) is 6.13. The lowest BCUT2D eigenvalue weighted by atomic mass is 9.91. The second-order valence-corrected chi connectivity index (χ2v) is 6.13. The minimum absolute atomic E-state index is 0.602. The van der Waals surface area contributed by atoms with Crippen molar-refractivity contribution < 1.29 is 9.90 Å². The van der Waals surface area contributed by atoms with Crippen molar-refractivity contribution in [3.05, 3.63) is 36.3 Å². The van der Waals surface area contributed by atoms with Crippen molar-refractivity contribution >= 4 is 6.09 Å². The van der Waals surface area contributed by atoms with Crippen molar-refractivity contribution in [2.75, 3.05) is 13.1 Å². The number of hydrogen-bond acceptors (Lipinski definition) is 3. The molecule has 122 valence electrons. The fraction of sp³-hybridized carbons (Fsp3) is 0.471. The average Bonchev–Trinajstić information content (AvgIpc) is 2.95. The molecule has 1 N–H and O–H groups in total. The van der Waals surface area contributed by atoms with Gasteiger partial charge in [0.2, 0.25) is 0 Å². The number of nitrogens with zero attached hydrogens (tertiary/aromatic N) is 4. The maximum atomic E-state index is 10.9. The van der Waals surface area contributed by atoms with E-state index >= 15 is 0 Å². The molecule has 6 heteroatoms. The summed E-state index contributed by atoms with van der Waals surface area (Å²) in [6, 6.07) is 6.07. The zero-order chi connectivity index (χ0) is 16.2. The third-order valence-electron chi connectivity index (χ3n) is 4.65. The second kappa shape index (κ2) is 6.81. The lowest BCUT2D eigenvalue weighted by Gasteiger charge is -2.29. The van der Waals surface area contributed by atoms with E-state index in [2.05, 4.69) is 16.1 Å². The summed E-state index contributed by atoms with van der Waals surface area (Å²) in [6.07, 6.45) is 6.74. The minimum Gasteiger partial charge on any atom is -0.465 e. The summed E-state index contributed by atoms with van der Waals surface area (Å²) in [4.78, 5) is 16.5. The molecule has 0 saturated carbocycles. The molecule has 0 bridgehead atoms. The van der Waals surface area contributed by atoms with E-state index in [0.29, 0.717) is 19.0 Å². The molecular formula is C17H22N4O2. The van der Waals surface area contributed by atoms with Crippen molar-refractivity contribution in [2.45, 2.75) is 25.7 Å². The first-order valence-corrected chi connectivity index (χ1v) is 8.04. The largest absolute Gasteiger partial charge is 0.465 e. The Bertz CT molecular complexity index is 660. The van der Waals surface area contributed by atoms with Gasteiger partial charge in [0.05, 0.1) is 5.69 Å². The number of carbonyl (C=O) groups is 1. The topological polar surface area (TPSA) is 71.2 Å². The Morgan fingerprint density at radius 3 is 2.65 bits per heavy atom. The quantitative estimate of drug-likeness (QED) is 0.942. The number of piperidine rings is 1. The van der Waals surface area contributed by atoms with E-state index in [1.165, 1.54) is 10.6 Å². The summed E-state index contributed by atoms with van der Waals surface area (Å²) in [5.41, 5.74) is 3.28. The van der Waals surface area contributed by atoms with Crippen molar-refractivity contribution in [3.63, 3.8) is 0 Å². The van der Waals surface area contributed by atoms with Crippen molar-refractivity contribution in [2.24, 2.45) is 13.0 Å². The SMILES string of the molecule is Cn1nc(-c2ccncc2)cc1CCC1CCN(C(=O)O)CC1. The van der Waals surface area contributed by atoms with Crippen LogP contribution in [0.15, 0.2) is 30.6 Å². The molecule has 23 heavy (non-hydrogen) atoms. The molecule has 0 radical (unpaired) electrons. The summed E-state index contributed by atoms with van der Waals surface area (Å²) in [6.45, 7) is 1.32. The average molecular weight is 314 g/mol. The Labute approximate surface area is 135 Å². The first-order chi connectivity index (χ1) is 11.1. The summed E-state index contributed by atoms with van der Waals surface area (Å²) in [5.74, 6) is 0.602. The van der Waals surface area contributed by atoms with Crippen molar-refractivity contribution in [3.8, 4) is 11.3 Å². The number of likely N-dealkylation sites (tertiary alicyclic amines) is 1. The maximum absolute atomic E-state index is 10.9. The summed E-state index contributed by atoms with van der Waals surface area (Å²) < 4.78 is 1.95. The van der Waals surface area contributed by atoms with Gasteiger partial charge in [-0.3, -0.25) is 9.67 Å². The number of aromatic nitrogens is 3. The van der Waals surface area contributed by atoms with Crippen LogP contribution in [-0.4, -0.2) is 44.0 Å². The van der Waals surface area contributed by atoms with Crippen molar-refractivity contribution in [1.82, 2.24) is 19.7 Å². The highest BCUT2D eigenvalue weighted by Crippen LogP contribution is 2.24. The summed E-state index contributed by atoms with van der Waals surface area (Å²) in [5, 5.41) is 13.6. The van der Waals surface area contributed by atoms with Gasteiger partial charge in [-0.2, -0.15) is 5.10 Å². The van der Waals surface area contributed by atoms with Gasteiger partial charge in [0.25, 0.3) is 0 Å². The molecule has 0 spiro atoms. The van der Waals surface area contributed by atoms with Gasteiger partial charge in [-0.25, -0.2) is 4.79 Å². The highest BCUT2D eigenvalue weighted by atomic mass is 16.4. The lowest BCUT2D eigenvalue weighted by Crippen LogP contribution is -2.37. The van der Waals surface area contributed by atoms with Crippen LogP contribution in [0.1, 0.15) is 25.0 Å². The predicted molar refractivity (Wildman–Crippen MR) is 87.1 cm³/mol. The molecule has 0 aromatic carbocycles. The molecule has 0 unspecified atom stereocenters. The van der Waals surface area contributed by atoms with E-state index in [1.807, 2.05) is 23.9 Å². The molecule has 1 aliphatic heterocycles. The number of carboxylic acid groups (broad SMARTS) is 1. The van der Waals surface area contributed by atoms with Crippen LogP contribution in [0, 0.1) is 5.92 Å². The normalized spacial score (nSPS) is 15.8. The van der Waals surface area contributed by atoms with Crippen LogP contribution in [0.25, 0.3) is 11.3 Å². The highest BCUT2D eigenvalue weighted by molar-refractivity contribution is 5.65. The molecule has 3 heterocycles. The van der Waals surface area contributed by atoms with Crippen LogP contribution in [0.2, 0.25) is 0 Å². The van der Waals surface area contributed by atoms with Crippen LogP contribution >= 0.6 is 0 Å². The van der Waals surface area contributed by atoms with E-state index in [0.717, 1.165) is 36.9 Å². The highest BCUT2D eigenvalue weighted by Gasteiger charge is 2.22. The molecule has 1 aliphatic rings. The van der Waals surface area contributed by atoms with E-state index in [1.54, 1.807) is 12.4 Å². The molecule has 1 fully saturated rings. The monoisotopic (exact) mass is 314 g/mol. The summed E-state index contributed by atoms with van der Waals surface area (Å²) in [7, 11) is 1.98. The third-order valence-corrected chi connectivity index (χ3v) is 4.65. The molecule has 6 nitrogen and oxygen atoms in total. The standard InChI is InChI=1S/C17H22N4O2/c1-20-15(12-16(19-20)14-4-8-18-9-5-14)3-2-13-6-10-21(11-7-13)17(22)23/h4-5,8-9,12-13H,2-3,6-7,10-11H2,1H3,(H,22,23). The molecule has 1 saturated heterocycles. The molecule has 0 aliphatic carbocycles. The van der Waals surface area contributed by atoms with Gasteiger partial charge in [0, 0.05) is 43.8 Å². The molecule has 0 atom stereocenters. The number of amides is 1. The Kier molecular flexibility index (Phi) is 4.60. The zero-order valence-corrected chi connectivity index (χ0v) is 13.4. The van der Waals surface area contributed by atoms with Crippen LogP contribution in [-0.2, 0) is 13.5 Å². The third kappa shape index (κ3) is 3.70. The van der Waals surface area contributed by atoms with Crippen LogP contribution < -0.4 is 0 Å². The minimum atomic E-state index is -0.794. The van der Waals surface area contributed by atoms with Crippen LogP contribution in [0.5, 0.6) is 0 Å². The number of pyridine rings is 1. The molecule has 2 aromatic heterocycles. The maximum Gasteiger partial charge on any atom is 0.407 e. The number of rotatable bonds is 4. The van der Waals surface area contributed by atoms with E-state index in [-0.39, 0.29) is 0 Å². The fourth-order valence-electron chi connectivity index (χ4n) is 3.17. The molecular weight excluding hydrogens is 292 g/mol. The van der Waals surface area contributed by atoms with E-state index in [4.69, 9.17) is 5.11 Å². The van der Waals surface area contributed by atoms with Gasteiger partial charge < -0.3 is 10.0 Å². The summed E-state index contributed by atoms with van der Waals surface area (Å²) >= 11 is 0. The van der Waals surface area contributed by atoms with Gasteiger partial charge in [0.15, 0.2) is 0 Å².